The summed E-state index contributed by atoms with van der Waals surface area (Å²) in [5.41, 5.74) is 3.62. The third-order valence-corrected chi connectivity index (χ3v) is 5.89. The molecule has 0 aliphatic carbocycles. The molecule has 0 atom stereocenters. The molecule has 1 saturated heterocycles. The van der Waals surface area contributed by atoms with Gasteiger partial charge in [0.15, 0.2) is 0 Å². The molecule has 0 saturated carbocycles. The minimum Gasteiger partial charge on any atom is -0.494 e. The van der Waals surface area contributed by atoms with Crippen LogP contribution in [0.25, 0.3) is 11.0 Å². The topological polar surface area (TPSA) is 100 Å². The molecule has 4 rings (SSSR count). The number of carbonyl (C=O) groups excluding carboxylic acids is 1. The van der Waals surface area contributed by atoms with Crippen LogP contribution in [0.4, 0.5) is 11.5 Å². The molecule has 1 aliphatic heterocycles. The van der Waals surface area contributed by atoms with E-state index in [1.54, 1.807) is 24.5 Å². The van der Waals surface area contributed by atoms with Gasteiger partial charge in [0.25, 0.3) is 0 Å². The Morgan fingerprint density at radius 2 is 2.03 bits per heavy atom. The molecule has 0 bridgehead atoms. The third-order valence-electron chi connectivity index (χ3n) is 5.89. The number of carbonyl (C=O) groups is 1. The number of imidazole rings is 1. The number of rotatable bonds is 5. The van der Waals surface area contributed by atoms with Crippen LogP contribution in [-0.4, -0.2) is 57.6 Å². The predicted molar refractivity (Wildman–Crippen MR) is 116 cm³/mol. The summed E-state index contributed by atoms with van der Waals surface area (Å²) in [6, 6.07) is 5.90. The van der Waals surface area contributed by atoms with E-state index < -0.39 is 0 Å². The van der Waals surface area contributed by atoms with E-state index >= 15 is 0 Å². The predicted octanol–water partition coefficient (Wildman–Crippen LogP) is 2.76. The summed E-state index contributed by atoms with van der Waals surface area (Å²) in [5, 5.41) is 8.73. The van der Waals surface area contributed by atoms with Crippen LogP contribution in [0.3, 0.4) is 0 Å². The Kier molecular flexibility index (Phi) is 5.71. The van der Waals surface area contributed by atoms with Gasteiger partial charge in [0.05, 0.1) is 37.4 Å². The smallest absolute Gasteiger partial charge is 0.236 e. The first kappa shape index (κ1) is 20.6. The standard InChI is InChI=1S/C22H25N7O2/c1-27-14-26-17-12-25-21(11-18(17)27)28(2)19-13-24-16(10-20(19)31-3)15-5-8-29(9-6-15)22(30)4-7-23/h10-15H,4-6,8-9H2,1-3H3. The lowest BCUT2D eigenvalue weighted by atomic mass is 9.92. The molecule has 1 aliphatic rings. The summed E-state index contributed by atoms with van der Waals surface area (Å²) in [7, 11) is 5.54. The van der Waals surface area contributed by atoms with Crippen molar-refractivity contribution in [2.45, 2.75) is 25.2 Å². The lowest BCUT2D eigenvalue weighted by Crippen LogP contribution is -2.37. The molecule has 3 aromatic rings. The summed E-state index contributed by atoms with van der Waals surface area (Å²) in [5.74, 6) is 1.65. The average molecular weight is 419 g/mol. The second-order valence-corrected chi connectivity index (χ2v) is 7.72. The number of hydrogen-bond acceptors (Lipinski definition) is 7. The Labute approximate surface area is 180 Å². The van der Waals surface area contributed by atoms with E-state index in [-0.39, 0.29) is 18.2 Å². The molecule has 1 amide bonds. The SMILES string of the molecule is COc1cc(C2CCN(C(=O)CC#N)CC2)ncc1N(C)c1cc2c(cn1)ncn2C. The van der Waals surface area contributed by atoms with E-state index in [1.165, 1.54) is 0 Å². The van der Waals surface area contributed by atoms with Crippen LogP contribution >= 0.6 is 0 Å². The van der Waals surface area contributed by atoms with Gasteiger partial charge in [-0.25, -0.2) is 9.97 Å². The zero-order valence-corrected chi connectivity index (χ0v) is 17.9. The number of aromatic nitrogens is 4. The van der Waals surface area contributed by atoms with E-state index in [0.717, 1.165) is 46.8 Å². The number of amides is 1. The number of piperidine rings is 1. The van der Waals surface area contributed by atoms with Crippen molar-refractivity contribution >= 4 is 28.4 Å². The molecule has 3 aromatic heterocycles. The van der Waals surface area contributed by atoms with Crippen molar-refractivity contribution in [1.29, 1.82) is 5.26 Å². The maximum Gasteiger partial charge on any atom is 0.236 e. The highest BCUT2D eigenvalue weighted by Crippen LogP contribution is 2.36. The Hall–Kier alpha value is -3.67. The van der Waals surface area contributed by atoms with Crippen LogP contribution < -0.4 is 9.64 Å². The molecular weight excluding hydrogens is 394 g/mol. The van der Waals surface area contributed by atoms with E-state index in [1.807, 2.05) is 48.0 Å². The first-order chi connectivity index (χ1) is 15.0. The molecule has 160 valence electrons. The normalized spacial score (nSPS) is 14.5. The van der Waals surface area contributed by atoms with Gasteiger partial charge in [-0.1, -0.05) is 0 Å². The second-order valence-electron chi connectivity index (χ2n) is 7.72. The number of likely N-dealkylation sites (tertiary alicyclic amines) is 1. The highest BCUT2D eigenvalue weighted by atomic mass is 16.5. The zero-order valence-electron chi connectivity index (χ0n) is 17.9. The van der Waals surface area contributed by atoms with Gasteiger partial charge in [-0.2, -0.15) is 5.26 Å². The van der Waals surface area contributed by atoms with E-state index in [2.05, 4.69) is 9.97 Å². The number of nitrogens with zero attached hydrogens (tertiary/aromatic N) is 7. The molecule has 4 heterocycles. The van der Waals surface area contributed by atoms with E-state index in [4.69, 9.17) is 15.0 Å². The summed E-state index contributed by atoms with van der Waals surface area (Å²) in [6.45, 7) is 1.29. The molecule has 0 unspecified atom stereocenters. The van der Waals surface area contributed by atoms with Crippen molar-refractivity contribution in [3.8, 4) is 11.8 Å². The minimum absolute atomic E-state index is 0.0591. The molecule has 0 aromatic carbocycles. The molecule has 9 heteroatoms. The van der Waals surface area contributed by atoms with Gasteiger partial charge < -0.3 is 19.1 Å². The lowest BCUT2D eigenvalue weighted by Gasteiger charge is -2.31. The van der Waals surface area contributed by atoms with Gasteiger partial charge in [-0.3, -0.25) is 9.78 Å². The highest BCUT2D eigenvalue weighted by molar-refractivity contribution is 5.79. The van der Waals surface area contributed by atoms with Crippen LogP contribution in [0.2, 0.25) is 0 Å². The first-order valence-corrected chi connectivity index (χ1v) is 10.2. The van der Waals surface area contributed by atoms with E-state index in [0.29, 0.717) is 13.1 Å². The summed E-state index contributed by atoms with van der Waals surface area (Å²) >= 11 is 0. The van der Waals surface area contributed by atoms with Gasteiger partial charge >= 0.3 is 0 Å². The maximum atomic E-state index is 11.9. The summed E-state index contributed by atoms with van der Waals surface area (Å²) in [6.07, 6.45) is 6.93. The maximum absolute atomic E-state index is 11.9. The molecule has 0 N–H and O–H groups in total. The van der Waals surface area contributed by atoms with Crippen molar-refractivity contribution in [3.63, 3.8) is 0 Å². The quantitative estimate of drug-likeness (QED) is 0.627. The first-order valence-electron chi connectivity index (χ1n) is 10.2. The zero-order chi connectivity index (χ0) is 22.0. The van der Waals surface area contributed by atoms with Crippen LogP contribution in [-0.2, 0) is 11.8 Å². The van der Waals surface area contributed by atoms with Gasteiger partial charge in [0, 0.05) is 50.9 Å². The van der Waals surface area contributed by atoms with Crippen molar-refractivity contribution < 1.29 is 9.53 Å². The summed E-state index contributed by atoms with van der Waals surface area (Å²) in [4.78, 5) is 29.2. The Bertz CT molecular complexity index is 1140. The molecule has 0 spiro atoms. The third kappa shape index (κ3) is 4.01. The van der Waals surface area contributed by atoms with Crippen molar-refractivity contribution in [2.75, 3.05) is 32.1 Å². The lowest BCUT2D eigenvalue weighted by molar-refractivity contribution is -0.131. The number of fused-ring (bicyclic) bond motifs is 1. The fourth-order valence-electron chi connectivity index (χ4n) is 4.01. The molecule has 1 fully saturated rings. The summed E-state index contributed by atoms with van der Waals surface area (Å²) < 4.78 is 7.64. The van der Waals surface area contributed by atoms with Crippen molar-refractivity contribution in [3.05, 3.63) is 36.5 Å². The van der Waals surface area contributed by atoms with Gasteiger partial charge in [0.2, 0.25) is 5.91 Å². The second kappa shape index (κ2) is 8.60. The number of pyridine rings is 2. The van der Waals surface area contributed by atoms with Gasteiger partial charge in [-0.15, -0.1) is 0 Å². The number of anilines is 2. The number of methoxy groups -OCH3 is 1. The molecule has 9 nitrogen and oxygen atoms in total. The van der Waals surface area contributed by atoms with Gasteiger partial charge in [0.1, 0.15) is 29.2 Å². The molecular formula is C22H25N7O2. The number of ether oxygens (including phenoxy) is 1. The van der Waals surface area contributed by atoms with Crippen LogP contribution in [0, 0.1) is 11.3 Å². The fourth-order valence-corrected chi connectivity index (χ4v) is 4.01. The Morgan fingerprint density at radius 1 is 1.26 bits per heavy atom. The van der Waals surface area contributed by atoms with E-state index in [9.17, 15) is 4.79 Å². The Balaban J connectivity index is 1.53. The highest BCUT2D eigenvalue weighted by Gasteiger charge is 2.25. The largest absolute Gasteiger partial charge is 0.494 e. The number of nitriles is 1. The Morgan fingerprint density at radius 3 is 2.74 bits per heavy atom. The monoisotopic (exact) mass is 419 g/mol. The fraction of sp³-hybridized carbons (Fsp3) is 0.409. The minimum atomic E-state index is -0.0960. The van der Waals surface area contributed by atoms with Crippen molar-refractivity contribution in [1.82, 2.24) is 24.4 Å². The van der Waals surface area contributed by atoms with Crippen molar-refractivity contribution in [2.24, 2.45) is 7.05 Å². The van der Waals surface area contributed by atoms with Crippen LogP contribution in [0.15, 0.2) is 30.9 Å². The van der Waals surface area contributed by atoms with Crippen LogP contribution in [0.5, 0.6) is 5.75 Å². The number of aryl methyl sites for hydroxylation is 1. The van der Waals surface area contributed by atoms with Crippen LogP contribution in [0.1, 0.15) is 30.9 Å². The molecule has 31 heavy (non-hydrogen) atoms. The molecule has 0 radical (unpaired) electrons. The average Bonchev–Trinajstić information content (AvgIpc) is 3.18. The number of hydrogen-bond donors (Lipinski definition) is 0. The van der Waals surface area contributed by atoms with Gasteiger partial charge in [-0.05, 0) is 12.8 Å².